The van der Waals surface area contributed by atoms with E-state index in [4.69, 9.17) is 11.6 Å². The van der Waals surface area contributed by atoms with Crippen LogP contribution in [-0.2, 0) is 0 Å². The molecular formula is C19H21ClN6O3. The zero-order valence-corrected chi connectivity index (χ0v) is 16.6. The van der Waals surface area contributed by atoms with Crippen LogP contribution in [0.25, 0.3) is 0 Å². The Labute approximate surface area is 173 Å². The number of amides is 1. The minimum absolute atomic E-state index is 0.0585. The van der Waals surface area contributed by atoms with Gasteiger partial charge >= 0.3 is 0 Å². The molecule has 2 saturated heterocycles. The Balaban J connectivity index is 1.45. The number of piperazine rings is 1. The number of aromatic nitrogens is 2. The van der Waals surface area contributed by atoms with Crippen LogP contribution in [0.2, 0.25) is 5.02 Å². The van der Waals surface area contributed by atoms with E-state index < -0.39 is 4.92 Å². The van der Waals surface area contributed by atoms with Crippen LogP contribution in [0.1, 0.15) is 23.3 Å². The van der Waals surface area contributed by atoms with Crippen molar-refractivity contribution in [3.63, 3.8) is 0 Å². The number of nitrogens with zero attached hydrogens (tertiary/aromatic N) is 6. The summed E-state index contributed by atoms with van der Waals surface area (Å²) < 4.78 is 0. The Hall–Kier alpha value is -2.94. The number of non-ortho nitro benzene ring substituents is 1. The van der Waals surface area contributed by atoms with Gasteiger partial charge in [0, 0.05) is 57.1 Å². The van der Waals surface area contributed by atoms with Crippen molar-refractivity contribution >= 4 is 34.8 Å². The summed E-state index contributed by atoms with van der Waals surface area (Å²) in [5.74, 6) is 0.335. The molecule has 0 unspecified atom stereocenters. The summed E-state index contributed by atoms with van der Waals surface area (Å²) in [4.78, 5) is 38.1. The number of rotatable bonds is 4. The normalized spacial score (nSPS) is 16.9. The van der Waals surface area contributed by atoms with Crippen molar-refractivity contribution in [1.29, 1.82) is 0 Å². The molecular weight excluding hydrogens is 396 g/mol. The molecule has 2 aromatic rings. The summed E-state index contributed by atoms with van der Waals surface area (Å²) in [5, 5.41) is 11.2. The van der Waals surface area contributed by atoms with Gasteiger partial charge in [0.15, 0.2) is 5.69 Å². The molecule has 2 aliphatic rings. The van der Waals surface area contributed by atoms with Crippen LogP contribution >= 0.6 is 11.6 Å². The summed E-state index contributed by atoms with van der Waals surface area (Å²) in [6, 6.07) is 6.54. The van der Waals surface area contributed by atoms with Crippen molar-refractivity contribution in [2.45, 2.75) is 12.8 Å². The zero-order valence-electron chi connectivity index (χ0n) is 15.8. The van der Waals surface area contributed by atoms with Crippen LogP contribution in [0.3, 0.4) is 0 Å². The third-order valence-electron chi connectivity index (χ3n) is 5.30. The van der Waals surface area contributed by atoms with E-state index in [1.165, 1.54) is 12.3 Å². The highest BCUT2D eigenvalue weighted by Gasteiger charge is 2.27. The lowest BCUT2D eigenvalue weighted by molar-refractivity contribution is -0.384. The van der Waals surface area contributed by atoms with Gasteiger partial charge in [-0.2, -0.15) is 0 Å². The Kier molecular flexibility index (Phi) is 5.48. The van der Waals surface area contributed by atoms with Crippen molar-refractivity contribution in [2.75, 3.05) is 49.1 Å². The second-order valence-electron chi connectivity index (χ2n) is 7.12. The maximum atomic E-state index is 13.0. The third-order valence-corrected chi connectivity index (χ3v) is 5.57. The minimum atomic E-state index is -0.404. The maximum Gasteiger partial charge on any atom is 0.274 e. The molecule has 29 heavy (non-hydrogen) atoms. The largest absolute Gasteiger partial charge is 0.368 e. The second-order valence-corrected chi connectivity index (χ2v) is 7.52. The number of nitro groups is 1. The molecule has 0 aliphatic carbocycles. The predicted molar refractivity (Wildman–Crippen MR) is 110 cm³/mol. The number of nitro benzene ring substituents is 1. The molecule has 0 bridgehead atoms. The zero-order chi connectivity index (χ0) is 20.4. The number of benzene rings is 1. The summed E-state index contributed by atoms with van der Waals surface area (Å²) in [7, 11) is 0. The Morgan fingerprint density at radius 3 is 2.48 bits per heavy atom. The van der Waals surface area contributed by atoms with Gasteiger partial charge < -0.3 is 14.7 Å². The highest BCUT2D eigenvalue weighted by Crippen LogP contribution is 2.24. The highest BCUT2D eigenvalue weighted by atomic mass is 35.5. The van der Waals surface area contributed by atoms with Crippen LogP contribution in [0.15, 0.2) is 30.5 Å². The number of hydrogen-bond donors (Lipinski definition) is 0. The lowest BCUT2D eigenvalue weighted by Crippen LogP contribution is -2.49. The number of anilines is 2. The molecule has 3 heterocycles. The molecule has 0 spiro atoms. The van der Waals surface area contributed by atoms with Gasteiger partial charge in [0.1, 0.15) is 0 Å². The lowest BCUT2D eigenvalue weighted by atomic mass is 10.2. The molecule has 0 N–H and O–H groups in total. The van der Waals surface area contributed by atoms with E-state index in [-0.39, 0.29) is 22.3 Å². The van der Waals surface area contributed by atoms with E-state index in [1.54, 1.807) is 17.0 Å². The predicted octanol–water partition coefficient (Wildman–Crippen LogP) is 2.60. The van der Waals surface area contributed by atoms with E-state index in [2.05, 4.69) is 14.9 Å². The van der Waals surface area contributed by atoms with Gasteiger partial charge in [-0.15, -0.1) is 0 Å². The standard InChI is InChI=1S/C19H21ClN6O3/c20-16-13-21-19(25-6-1-2-7-25)22-17(16)18(27)24-10-8-23(9-11-24)14-4-3-5-15(12-14)26(28)29/h3-5,12-13H,1-2,6-11H2. The molecule has 9 nitrogen and oxygen atoms in total. The summed E-state index contributed by atoms with van der Waals surface area (Å²) in [5.41, 5.74) is 1.07. The van der Waals surface area contributed by atoms with Crippen molar-refractivity contribution in [2.24, 2.45) is 0 Å². The van der Waals surface area contributed by atoms with Gasteiger partial charge in [0.05, 0.1) is 16.1 Å². The van der Waals surface area contributed by atoms with Gasteiger partial charge in [-0.05, 0) is 18.9 Å². The fraction of sp³-hybridized carbons (Fsp3) is 0.421. The molecule has 4 rings (SSSR count). The van der Waals surface area contributed by atoms with Crippen molar-refractivity contribution in [3.05, 3.63) is 51.3 Å². The number of hydrogen-bond acceptors (Lipinski definition) is 7. The van der Waals surface area contributed by atoms with Gasteiger partial charge in [0.2, 0.25) is 5.95 Å². The molecule has 0 saturated carbocycles. The molecule has 10 heteroatoms. The van der Waals surface area contributed by atoms with Gasteiger partial charge in [-0.1, -0.05) is 17.7 Å². The molecule has 1 amide bonds. The fourth-order valence-corrected chi connectivity index (χ4v) is 3.87. The second kappa shape index (κ2) is 8.20. The highest BCUT2D eigenvalue weighted by molar-refractivity contribution is 6.33. The fourth-order valence-electron chi connectivity index (χ4n) is 3.70. The van der Waals surface area contributed by atoms with E-state index >= 15 is 0 Å². The molecule has 2 aliphatic heterocycles. The Bertz CT molecular complexity index is 926. The number of halogens is 1. The first-order valence-electron chi connectivity index (χ1n) is 9.59. The molecule has 1 aromatic heterocycles. The minimum Gasteiger partial charge on any atom is -0.368 e. The molecule has 152 valence electrons. The smallest absolute Gasteiger partial charge is 0.274 e. The summed E-state index contributed by atoms with van der Waals surface area (Å²) in [6.07, 6.45) is 3.68. The van der Waals surface area contributed by atoms with E-state index in [9.17, 15) is 14.9 Å². The van der Waals surface area contributed by atoms with Crippen LogP contribution in [-0.4, -0.2) is 65.0 Å². The quantitative estimate of drug-likeness (QED) is 0.558. The van der Waals surface area contributed by atoms with Crippen LogP contribution in [0, 0.1) is 10.1 Å². The van der Waals surface area contributed by atoms with Crippen molar-refractivity contribution in [3.8, 4) is 0 Å². The summed E-state index contributed by atoms with van der Waals surface area (Å²) >= 11 is 6.22. The first-order valence-corrected chi connectivity index (χ1v) is 9.97. The molecule has 2 fully saturated rings. The van der Waals surface area contributed by atoms with Crippen LogP contribution < -0.4 is 9.80 Å². The molecule has 0 atom stereocenters. The Morgan fingerprint density at radius 1 is 1.07 bits per heavy atom. The molecule has 1 aromatic carbocycles. The van der Waals surface area contributed by atoms with Gasteiger partial charge in [0.25, 0.3) is 11.6 Å². The maximum absolute atomic E-state index is 13.0. The first kappa shape index (κ1) is 19.4. The molecule has 0 radical (unpaired) electrons. The average Bonchev–Trinajstić information content (AvgIpc) is 3.29. The number of carbonyl (C=O) groups excluding carboxylic acids is 1. The summed E-state index contributed by atoms with van der Waals surface area (Å²) in [6.45, 7) is 3.90. The van der Waals surface area contributed by atoms with Gasteiger partial charge in [-0.25, -0.2) is 9.97 Å². The van der Waals surface area contributed by atoms with Crippen molar-refractivity contribution < 1.29 is 9.72 Å². The monoisotopic (exact) mass is 416 g/mol. The lowest BCUT2D eigenvalue weighted by Gasteiger charge is -2.36. The van der Waals surface area contributed by atoms with Gasteiger partial charge in [-0.3, -0.25) is 14.9 Å². The van der Waals surface area contributed by atoms with Crippen molar-refractivity contribution in [1.82, 2.24) is 14.9 Å². The average molecular weight is 417 g/mol. The van der Waals surface area contributed by atoms with E-state index in [0.29, 0.717) is 32.1 Å². The van der Waals surface area contributed by atoms with E-state index in [0.717, 1.165) is 31.6 Å². The Morgan fingerprint density at radius 2 is 1.79 bits per heavy atom. The SMILES string of the molecule is O=C(c1nc(N2CCCC2)ncc1Cl)N1CCN(c2cccc([N+](=O)[O-])c2)CC1. The topological polar surface area (TPSA) is 95.7 Å². The number of carbonyl (C=O) groups is 1. The van der Waals surface area contributed by atoms with E-state index in [1.807, 2.05) is 11.0 Å². The first-order chi connectivity index (χ1) is 14.0. The van der Waals surface area contributed by atoms with Crippen LogP contribution in [0.5, 0.6) is 0 Å². The third kappa shape index (κ3) is 4.09. The van der Waals surface area contributed by atoms with Crippen LogP contribution in [0.4, 0.5) is 17.3 Å².